The maximum absolute atomic E-state index is 14.0. The Kier molecular flexibility index (Phi) is 3.80. The molecule has 0 aliphatic carbocycles. The molecule has 1 N–H and O–H groups in total. The fraction of sp³-hybridized carbons (Fsp3) is 0.0667. The number of hydrogen-bond acceptors (Lipinski definition) is 4. The number of nitrogens with one attached hydrogen (secondary N) is 1. The maximum atomic E-state index is 14.0. The second-order valence-electron chi connectivity index (χ2n) is 4.75. The van der Waals surface area contributed by atoms with Crippen LogP contribution in [0.4, 0.5) is 14.6 Å². The van der Waals surface area contributed by atoms with Crippen molar-refractivity contribution < 1.29 is 13.6 Å². The fourth-order valence-electron chi connectivity index (χ4n) is 2.01. The van der Waals surface area contributed by atoms with Gasteiger partial charge in [-0.1, -0.05) is 0 Å². The van der Waals surface area contributed by atoms with Crippen molar-refractivity contribution in [1.82, 2.24) is 19.5 Å². The van der Waals surface area contributed by atoms with E-state index in [1.165, 1.54) is 30.7 Å². The van der Waals surface area contributed by atoms with Crippen LogP contribution in [0.15, 0.2) is 43.1 Å². The standard InChI is InChI=1S/C15H11F2N5O/c1-22-8-18-7-13(22)10-4-12(19-6-11(10)17)15(23)21-14-3-2-9(16)5-20-14/h2-8H,1H3,(H,20,21,23). The second-order valence-corrected chi connectivity index (χ2v) is 4.75. The van der Waals surface area contributed by atoms with Crippen LogP contribution >= 0.6 is 0 Å². The lowest BCUT2D eigenvalue weighted by atomic mass is 10.1. The predicted molar refractivity (Wildman–Crippen MR) is 78.5 cm³/mol. The molecule has 8 heteroatoms. The summed E-state index contributed by atoms with van der Waals surface area (Å²) in [6, 6.07) is 3.81. The molecule has 0 fully saturated rings. The number of imidazole rings is 1. The van der Waals surface area contributed by atoms with Crippen LogP contribution in [0.3, 0.4) is 0 Å². The van der Waals surface area contributed by atoms with Crippen LogP contribution in [0.2, 0.25) is 0 Å². The van der Waals surface area contributed by atoms with Gasteiger partial charge in [0.25, 0.3) is 5.91 Å². The first kappa shape index (κ1) is 14.8. The van der Waals surface area contributed by atoms with Crippen LogP contribution in [0.1, 0.15) is 10.5 Å². The van der Waals surface area contributed by atoms with Crippen molar-refractivity contribution in [2.24, 2.45) is 7.05 Å². The molecule has 116 valence electrons. The number of aryl methyl sites for hydroxylation is 1. The van der Waals surface area contributed by atoms with Crippen molar-refractivity contribution in [2.45, 2.75) is 0 Å². The first-order valence-corrected chi connectivity index (χ1v) is 6.60. The number of rotatable bonds is 3. The van der Waals surface area contributed by atoms with E-state index in [1.807, 2.05) is 0 Å². The topological polar surface area (TPSA) is 72.7 Å². The van der Waals surface area contributed by atoms with Crippen LogP contribution in [0.5, 0.6) is 0 Å². The Morgan fingerprint density at radius 1 is 1.17 bits per heavy atom. The number of amides is 1. The largest absolute Gasteiger partial charge is 0.334 e. The first-order chi connectivity index (χ1) is 11.0. The van der Waals surface area contributed by atoms with Gasteiger partial charge in [0.15, 0.2) is 5.82 Å². The molecule has 0 saturated heterocycles. The zero-order chi connectivity index (χ0) is 16.4. The molecule has 0 radical (unpaired) electrons. The van der Waals surface area contributed by atoms with Crippen LogP contribution in [0, 0.1) is 11.6 Å². The van der Waals surface area contributed by atoms with Gasteiger partial charge in [0.1, 0.15) is 17.3 Å². The summed E-state index contributed by atoms with van der Waals surface area (Å²) in [4.78, 5) is 23.6. The zero-order valence-corrected chi connectivity index (χ0v) is 12.0. The lowest BCUT2D eigenvalue weighted by molar-refractivity contribution is 0.102. The molecular formula is C15H11F2N5O. The van der Waals surface area contributed by atoms with Gasteiger partial charge in [0.2, 0.25) is 0 Å². The minimum absolute atomic E-state index is 0.00808. The average Bonchev–Trinajstić information content (AvgIpc) is 2.96. The molecule has 3 aromatic rings. The molecule has 3 aromatic heterocycles. The van der Waals surface area contributed by atoms with Crippen molar-refractivity contribution in [3.05, 3.63) is 60.4 Å². The number of anilines is 1. The van der Waals surface area contributed by atoms with Crippen LogP contribution in [-0.4, -0.2) is 25.4 Å². The van der Waals surface area contributed by atoms with Gasteiger partial charge in [-0.2, -0.15) is 0 Å². The van der Waals surface area contributed by atoms with Crippen molar-refractivity contribution >= 4 is 11.7 Å². The van der Waals surface area contributed by atoms with E-state index in [9.17, 15) is 13.6 Å². The van der Waals surface area contributed by atoms with Gasteiger partial charge < -0.3 is 9.88 Å². The van der Waals surface area contributed by atoms with Crippen molar-refractivity contribution in [3.63, 3.8) is 0 Å². The molecule has 0 aliphatic rings. The molecule has 23 heavy (non-hydrogen) atoms. The van der Waals surface area contributed by atoms with E-state index in [-0.39, 0.29) is 17.1 Å². The van der Waals surface area contributed by atoms with Gasteiger partial charge in [-0.05, 0) is 18.2 Å². The number of hydrogen-bond donors (Lipinski definition) is 1. The lowest BCUT2D eigenvalue weighted by Crippen LogP contribution is -2.15. The zero-order valence-electron chi connectivity index (χ0n) is 12.0. The summed E-state index contributed by atoms with van der Waals surface area (Å²) in [6.07, 6.45) is 4.96. The minimum atomic E-state index is -0.576. The molecule has 3 heterocycles. The number of carbonyl (C=O) groups excluding carboxylic acids is 1. The molecule has 6 nitrogen and oxygen atoms in total. The third-order valence-corrected chi connectivity index (χ3v) is 3.15. The highest BCUT2D eigenvalue weighted by Crippen LogP contribution is 2.22. The Bertz CT molecular complexity index is 861. The van der Waals surface area contributed by atoms with Crippen molar-refractivity contribution in [2.75, 3.05) is 5.32 Å². The monoisotopic (exact) mass is 315 g/mol. The van der Waals surface area contributed by atoms with E-state index >= 15 is 0 Å². The number of halogens is 2. The number of nitrogens with zero attached hydrogens (tertiary/aromatic N) is 4. The summed E-state index contributed by atoms with van der Waals surface area (Å²) in [5, 5.41) is 2.47. The summed E-state index contributed by atoms with van der Waals surface area (Å²) in [5.74, 6) is -1.48. The van der Waals surface area contributed by atoms with Gasteiger partial charge in [0, 0.05) is 12.6 Å². The highest BCUT2D eigenvalue weighted by atomic mass is 19.1. The van der Waals surface area contributed by atoms with E-state index in [0.717, 1.165) is 12.4 Å². The van der Waals surface area contributed by atoms with Gasteiger partial charge >= 0.3 is 0 Å². The Balaban J connectivity index is 1.90. The Hall–Kier alpha value is -3.16. The van der Waals surface area contributed by atoms with Crippen molar-refractivity contribution in [1.29, 1.82) is 0 Å². The third kappa shape index (κ3) is 3.05. The summed E-state index contributed by atoms with van der Waals surface area (Å²) >= 11 is 0. The van der Waals surface area contributed by atoms with Gasteiger partial charge in [0.05, 0.1) is 30.6 Å². The molecule has 0 bridgehead atoms. The minimum Gasteiger partial charge on any atom is -0.334 e. The fourth-order valence-corrected chi connectivity index (χ4v) is 2.01. The average molecular weight is 315 g/mol. The summed E-state index contributed by atoms with van der Waals surface area (Å²) in [5.41, 5.74) is 0.727. The van der Waals surface area contributed by atoms with Crippen LogP contribution < -0.4 is 5.32 Å². The molecular weight excluding hydrogens is 304 g/mol. The van der Waals surface area contributed by atoms with E-state index in [0.29, 0.717) is 5.69 Å². The lowest BCUT2D eigenvalue weighted by Gasteiger charge is -2.07. The molecule has 0 spiro atoms. The van der Waals surface area contributed by atoms with Crippen LogP contribution in [-0.2, 0) is 7.05 Å². The summed E-state index contributed by atoms with van der Waals surface area (Å²) < 4.78 is 28.4. The predicted octanol–water partition coefficient (Wildman–Crippen LogP) is 2.41. The van der Waals surface area contributed by atoms with E-state index < -0.39 is 17.5 Å². The molecule has 0 saturated carbocycles. The smallest absolute Gasteiger partial charge is 0.275 e. The van der Waals surface area contributed by atoms with E-state index in [2.05, 4.69) is 20.3 Å². The number of pyridine rings is 2. The molecule has 0 atom stereocenters. The Morgan fingerprint density at radius 2 is 2.00 bits per heavy atom. The normalized spacial score (nSPS) is 10.6. The maximum Gasteiger partial charge on any atom is 0.275 e. The summed E-state index contributed by atoms with van der Waals surface area (Å²) in [7, 11) is 1.71. The summed E-state index contributed by atoms with van der Waals surface area (Å²) in [6.45, 7) is 0. The molecule has 1 amide bonds. The van der Waals surface area contributed by atoms with Crippen molar-refractivity contribution in [3.8, 4) is 11.3 Å². The molecule has 0 unspecified atom stereocenters. The van der Waals surface area contributed by atoms with E-state index in [1.54, 1.807) is 11.6 Å². The molecule has 3 rings (SSSR count). The highest BCUT2D eigenvalue weighted by molar-refractivity contribution is 6.02. The molecule has 0 aromatic carbocycles. The Morgan fingerprint density at radius 3 is 2.65 bits per heavy atom. The van der Waals surface area contributed by atoms with E-state index in [4.69, 9.17) is 0 Å². The van der Waals surface area contributed by atoms with Crippen LogP contribution in [0.25, 0.3) is 11.3 Å². The van der Waals surface area contributed by atoms with Gasteiger partial charge in [-0.25, -0.2) is 23.7 Å². The number of carbonyl (C=O) groups is 1. The number of aromatic nitrogens is 4. The molecule has 0 aliphatic heterocycles. The Labute approximate surface area is 129 Å². The van der Waals surface area contributed by atoms with Gasteiger partial charge in [-0.15, -0.1) is 0 Å². The first-order valence-electron chi connectivity index (χ1n) is 6.60. The third-order valence-electron chi connectivity index (χ3n) is 3.15. The van der Waals surface area contributed by atoms with Gasteiger partial charge in [-0.3, -0.25) is 4.79 Å². The second kappa shape index (κ2) is 5.91. The quantitative estimate of drug-likeness (QED) is 0.805. The SMILES string of the molecule is Cn1cncc1-c1cc(C(=O)Nc2ccc(F)cn2)ncc1F. The highest BCUT2D eigenvalue weighted by Gasteiger charge is 2.15.